The number of aryl methyl sites for hydroxylation is 1. The number of rotatable bonds is 4. The van der Waals surface area contributed by atoms with Crippen LogP contribution in [0.1, 0.15) is 45.8 Å². The van der Waals surface area contributed by atoms with Crippen LogP contribution in [-0.2, 0) is 9.53 Å². The van der Waals surface area contributed by atoms with Crippen LogP contribution in [0.3, 0.4) is 0 Å². The lowest BCUT2D eigenvalue weighted by Crippen LogP contribution is -2.13. The summed E-state index contributed by atoms with van der Waals surface area (Å²) >= 11 is 0. The monoisotopic (exact) mass is 444 g/mol. The van der Waals surface area contributed by atoms with E-state index in [2.05, 4.69) is 10.3 Å². The van der Waals surface area contributed by atoms with E-state index >= 15 is 0 Å². The van der Waals surface area contributed by atoms with Crippen molar-refractivity contribution in [2.24, 2.45) is 0 Å². The Bertz CT molecular complexity index is 1360. The summed E-state index contributed by atoms with van der Waals surface area (Å²) < 4.78 is 16.2. The van der Waals surface area contributed by atoms with Crippen molar-refractivity contribution in [2.75, 3.05) is 18.7 Å². The summed E-state index contributed by atoms with van der Waals surface area (Å²) in [6.45, 7) is 5.14. The fourth-order valence-electron chi connectivity index (χ4n) is 4.27. The summed E-state index contributed by atoms with van der Waals surface area (Å²) in [6.07, 6.45) is 0. The molecule has 0 atom stereocenters. The van der Waals surface area contributed by atoms with Crippen molar-refractivity contribution >= 4 is 23.3 Å². The zero-order chi connectivity index (χ0) is 23.3. The van der Waals surface area contributed by atoms with Crippen LogP contribution in [0.25, 0.3) is 22.4 Å². The Morgan fingerprint density at radius 2 is 1.85 bits per heavy atom. The van der Waals surface area contributed by atoms with Crippen LogP contribution in [0.4, 0.5) is 5.69 Å². The van der Waals surface area contributed by atoms with Crippen molar-refractivity contribution in [3.63, 3.8) is 0 Å². The number of ketones is 1. The molecule has 0 fully saturated rings. The number of fused-ring (bicyclic) bond motifs is 4. The van der Waals surface area contributed by atoms with E-state index in [9.17, 15) is 14.4 Å². The second-order valence-corrected chi connectivity index (χ2v) is 7.73. The van der Waals surface area contributed by atoms with Gasteiger partial charge in [-0.1, -0.05) is 6.07 Å². The van der Waals surface area contributed by atoms with Crippen LogP contribution in [-0.4, -0.2) is 36.0 Å². The number of hydrogen-bond acceptors (Lipinski definition) is 7. The second kappa shape index (κ2) is 7.74. The molecular formula is C25H20N2O6. The molecule has 0 unspecified atom stereocenters. The number of hydrogen-bond donors (Lipinski definition) is 1. The van der Waals surface area contributed by atoms with Gasteiger partial charge in [0.15, 0.2) is 17.3 Å². The number of amides is 1. The highest BCUT2D eigenvalue weighted by Crippen LogP contribution is 2.45. The van der Waals surface area contributed by atoms with Gasteiger partial charge in [0, 0.05) is 29.3 Å². The lowest BCUT2D eigenvalue weighted by atomic mass is 9.91. The Labute approximate surface area is 189 Å². The number of carbonyl (C=O) groups excluding carboxylic acids is 3. The van der Waals surface area contributed by atoms with Gasteiger partial charge in [0.1, 0.15) is 0 Å². The third-order valence-electron chi connectivity index (χ3n) is 5.59. The Balaban J connectivity index is 1.78. The van der Waals surface area contributed by atoms with Gasteiger partial charge < -0.3 is 19.5 Å². The first-order valence-corrected chi connectivity index (χ1v) is 10.5. The van der Waals surface area contributed by atoms with Crippen molar-refractivity contribution in [2.45, 2.75) is 20.8 Å². The third kappa shape index (κ3) is 3.31. The van der Waals surface area contributed by atoms with Crippen LogP contribution < -0.4 is 14.8 Å². The van der Waals surface area contributed by atoms with E-state index in [1.807, 2.05) is 0 Å². The smallest absolute Gasteiger partial charge is 0.340 e. The second-order valence-electron chi connectivity index (χ2n) is 7.73. The molecule has 2 aliphatic rings. The molecule has 1 aliphatic heterocycles. The van der Waals surface area contributed by atoms with Gasteiger partial charge in [-0.15, -0.1) is 0 Å². The summed E-state index contributed by atoms with van der Waals surface area (Å²) in [5.41, 5.74) is 4.11. The topological polar surface area (TPSA) is 104 Å². The summed E-state index contributed by atoms with van der Waals surface area (Å²) in [5.74, 6) is 0.0953. The SMILES string of the molecule is CCOC(=O)c1c(C)nc2c(c1-c1ccc3c(c1)OCO3)C(=O)c1ccc(NC(C)=O)cc1-2. The first-order chi connectivity index (χ1) is 15.9. The predicted molar refractivity (Wildman–Crippen MR) is 120 cm³/mol. The third-order valence-corrected chi connectivity index (χ3v) is 5.59. The maximum absolute atomic E-state index is 13.6. The Morgan fingerprint density at radius 1 is 1.06 bits per heavy atom. The molecule has 1 amide bonds. The quantitative estimate of drug-likeness (QED) is 0.472. The van der Waals surface area contributed by atoms with E-state index in [1.165, 1.54) is 6.92 Å². The summed E-state index contributed by atoms with van der Waals surface area (Å²) in [4.78, 5) is 42.7. The minimum atomic E-state index is -0.555. The lowest BCUT2D eigenvalue weighted by molar-refractivity contribution is -0.114. The van der Waals surface area contributed by atoms with Crippen molar-refractivity contribution in [3.8, 4) is 33.9 Å². The van der Waals surface area contributed by atoms with Gasteiger partial charge in [0.2, 0.25) is 12.7 Å². The van der Waals surface area contributed by atoms with Crippen LogP contribution in [0, 0.1) is 6.92 Å². The zero-order valence-electron chi connectivity index (χ0n) is 18.3. The highest BCUT2D eigenvalue weighted by Gasteiger charge is 2.36. The van der Waals surface area contributed by atoms with Crippen LogP contribution in [0.5, 0.6) is 11.5 Å². The molecule has 3 aromatic rings. The molecule has 166 valence electrons. The number of anilines is 1. The van der Waals surface area contributed by atoms with Crippen LogP contribution >= 0.6 is 0 Å². The molecular weight excluding hydrogens is 424 g/mol. The van der Waals surface area contributed by atoms with Gasteiger partial charge in [0.25, 0.3) is 0 Å². The molecule has 8 nitrogen and oxygen atoms in total. The lowest BCUT2D eigenvalue weighted by Gasteiger charge is -2.16. The number of ether oxygens (including phenoxy) is 3. The minimum absolute atomic E-state index is 0.104. The fraction of sp³-hybridized carbons (Fsp3) is 0.200. The maximum atomic E-state index is 13.6. The van der Waals surface area contributed by atoms with E-state index in [-0.39, 0.29) is 30.7 Å². The average Bonchev–Trinajstić information content (AvgIpc) is 3.35. The van der Waals surface area contributed by atoms with E-state index in [0.717, 1.165) is 0 Å². The van der Waals surface area contributed by atoms with Crippen molar-refractivity contribution < 1.29 is 28.6 Å². The summed E-state index contributed by atoms with van der Waals surface area (Å²) in [7, 11) is 0. The van der Waals surface area contributed by atoms with Gasteiger partial charge in [-0.05, 0) is 49.7 Å². The highest BCUT2D eigenvalue weighted by molar-refractivity contribution is 6.26. The number of esters is 1. The van der Waals surface area contributed by atoms with E-state index in [1.54, 1.807) is 50.2 Å². The molecule has 1 N–H and O–H groups in total. The van der Waals surface area contributed by atoms with Gasteiger partial charge in [-0.3, -0.25) is 14.6 Å². The number of benzene rings is 2. The minimum Gasteiger partial charge on any atom is -0.462 e. The molecule has 5 rings (SSSR count). The molecule has 0 saturated carbocycles. The molecule has 1 aromatic heterocycles. The van der Waals surface area contributed by atoms with Crippen molar-refractivity contribution in [1.82, 2.24) is 4.98 Å². The number of nitrogens with one attached hydrogen (secondary N) is 1. The Morgan fingerprint density at radius 3 is 2.61 bits per heavy atom. The van der Waals surface area contributed by atoms with E-state index in [0.29, 0.717) is 56.4 Å². The van der Waals surface area contributed by atoms with E-state index in [4.69, 9.17) is 14.2 Å². The normalized spacial score (nSPS) is 12.9. The van der Waals surface area contributed by atoms with Gasteiger partial charge in [0.05, 0.1) is 29.1 Å². The molecule has 0 bridgehead atoms. The molecule has 2 heterocycles. The predicted octanol–water partition coefficient (Wildman–Crippen LogP) is 4.13. The average molecular weight is 444 g/mol. The molecule has 33 heavy (non-hydrogen) atoms. The summed E-state index contributed by atoms with van der Waals surface area (Å²) in [5, 5.41) is 2.73. The first kappa shape index (κ1) is 20.7. The fourth-order valence-corrected chi connectivity index (χ4v) is 4.27. The standard InChI is InChI=1S/C25H20N2O6/c1-4-31-25(30)20-12(2)26-23-17-10-15(27-13(3)28)6-7-16(17)24(29)22(23)21(20)14-5-8-18-19(9-14)33-11-32-18/h5-10H,4,11H2,1-3H3,(H,27,28). The highest BCUT2D eigenvalue weighted by atomic mass is 16.7. The molecule has 2 aromatic carbocycles. The largest absolute Gasteiger partial charge is 0.462 e. The zero-order valence-corrected chi connectivity index (χ0v) is 18.3. The van der Waals surface area contributed by atoms with Gasteiger partial charge in [-0.25, -0.2) is 4.79 Å². The molecule has 1 aliphatic carbocycles. The summed E-state index contributed by atoms with van der Waals surface area (Å²) in [6, 6.07) is 10.3. The van der Waals surface area contributed by atoms with Crippen molar-refractivity contribution in [1.29, 1.82) is 0 Å². The number of aromatic nitrogens is 1. The number of carbonyl (C=O) groups is 3. The maximum Gasteiger partial charge on any atom is 0.340 e. The van der Waals surface area contributed by atoms with Crippen LogP contribution in [0.2, 0.25) is 0 Å². The Hall–Kier alpha value is -4.20. The molecule has 8 heteroatoms. The van der Waals surface area contributed by atoms with E-state index < -0.39 is 5.97 Å². The number of pyridine rings is 1. The van der Waals surface area contributed by atoms with Gasteiger partial charge >= 0.3 is 5.97 Å². The molecule has 0 radical (unpaired) electrons. The number of nitrogens with zero attached hydrogens (tertiary/aromatic N) is 1. The first-order valence-electron chi connectivity index (χ1n) is 10.5. The molecule has 0 spiro atoms. The Kier molecular flexibility index (Phi) is 4.85. The van der Waals surface area contributed by atoms with Crippen molar-refractivity contribution in [3.05, 3.63) is 58.8 Å². The molecule has 0 saturated heterocycles. The van der Waals surface area contributed by atoms with Crippen LogP contribution in [0.15, 0.2) is 36.4 Å². The van der Waals surface area contributed by atoms with Gasteiger partial charge in [-0.2, -0.15) is 0 Å².